The lowest BCUT2D eigenvalue weighted by molar-refractivity contribution is -0.143. The van der Waals surface area contributed by atoms with E-state index in [1.54, 1.807) is 19.2 Å². The smallest absolute Gasteiger partial charge is 0.411 e. The molecule has 1 saturated heterocycles. The van der Waals surface area contributed by atoms with Crippen LogP contribution in [0.3, 0.4) is 0 Å². The maximum atomic E-state index is 15.7. The molecule has 1 aliphatic rings. The fourth-order valence-corrected chi connectivity index (χ4v) is 5.05. The van der Waals surface area contributed by atoms with E-state index in [0.717, 1.165) is 22.6 Å². The van der Waals surface area contributed by atoms with Crippen molar-refractivity contribution in [2.75, 3.05) is 19.7 Å². The molecule has 0 saturated carbocycles. The second-order valence-electron chi connectivity index (χ2n) is 9.24. The van der Waals surface area contributed by atoms with Crippen molar-refractivity contribution in [1.29, 1.82) is 0 Å². The second-order valence-corrected chi connectivity index (χ2v) is 10.4. The van der Waals surface area contributed by atoms with Crippen LogP contribution in [-0.2, 0) is 16.7 Å². The summed E-state index contributed by atoms with van der Waals surface area (Å²) in [5, 5.41) is 1.49. The van der Waals surface area contributed by atoms with Gasteiger partial charge in [0, 0.05) is 28.9 Å². The highest BCUT2D eigenvalue weighted by Crippen LogP contribution is 2.49. The van der Waals surface area contributed by atoms with Gasteiger partial charge >= 0.3 is 12.1 Å². The van der Waals surface area contributed by atoms with Crippen LogP contribution in [0.2, 0.25) is 0 Å². The Morgan fingerprint density at radius 3 is 2.67 bits per heavy atom. The molecule has 3 rings (SSSR count). The lowest BCUT2D eigenvalue weighted by Crippen LogP contribution is -2.56. The van der Waals surface area contributed by atoms with Gasteiger partial charge in [-0.05, 0) is 76.8 Å². The summed E-state index contributed by atoms with van der Waals surface area (Å²) in [5.41, 5.74) is -0.234. The number of nitrogens with zero attached hydrogens (tertiary/aromatic N) is 2. The summed E-state index contributed by atoms with van der Waals surface area (Å²) in [6.45, 7) is 8.25. The highest BCUT2D eigenvalue weighted by atomic mass is 32.1. The fraction of sp³-hybridized carbons (Fsp3) is 0.583. The number of aromatic nitrogens is 1. The van der Waals surface area contributed by atoms with Gasteiger partial charge in [-0.3, -0.25) is 15.2 Å². The number of ether oxygens (including phenoxy) is 1. The fourth-order valence-electron chi connectivity index (χ4n) is 4.32. The average Bonchev–Trinajstić information content (AvgIpc) is 3.38. The van der Waals surface area contributed by atoms with Crippen LogP contribution < -0.4 is 5.32 Å². The number of nitrogens with one attached hydrogen (secondary N) is 1. The SMILES string of the molecule is CCCOC(=O)NC(F)(F)C1(CCc2ccc(F)s2)CCN(C(C)(C)c2ccc(C)nc2)C1. The van der Waals surface area contributed by atoms with Gasteiger partial charge in [0.05, 0.1) is 12.0 Å². The summed E-state index contributed by atoms with van der Waals surface area (Å²) < 4.78 is 49.7. The lowest BCUT2D eigenvalue weighted by atomic mass is 9.79. The number of pyridine rings is 1. The number of aryl methyl sites for hydroxylation is 2. The molecule has 2 aromatic heterocycles. The van der Waals surface area contributed by atoms with E-state index in [-0.39, 0.29) is 31.1 Å². The summed E-state index contributed by atoms with van der Waals surface area (Å²) in [4.78, 5) is 19.1. The van der Waals surface area contributed by atoms with E-state index in [1.807, 2.05) is 43.1 Å². The lowest BCUT2D eigenvalue weighted by Gasteiger charge is -2.40. The molecule has 0 spiro atoms. The van der Waals surface area contributed by atoms with Crippen LogP contribution in [0.1, 0.15) is 56.2 Å². The molecule has 182 valence electrons. The summed E-state index contributed by atoms with van der Waals surface area (Å²) in [6, 6.07) is 3.36. The second kappa shape index (κ2) is 10.0. The topological polar surface area (TPSA) is 54.5 Å². The number of carbonyl (C=O) groups excluding carboxylic acids is 1. The summed E-state index contributed by atoms with van der Waals surface area (Å²) in [6.07, 6.45) is 1.79. The first-order valence-electron chi connectivity index (χ1n) is 11.2. The number of amides is 1. The number of thiophene rings is 1. The van der Waals surface area contributed by atoms with Crippen molar-refractivity contribution >= 4 is 17.4 Å². The maximum Gasteiger partial charge on any atom is 0.411 e. The van der Waals surface area contributed by atoms with Crippen molar-refractivity contribution in [2.24, 2.45) is 5.41 Å². The Balaban J connectivity index is 1.85. The van der Waals surface area contributed by atoms with E-state index < -0.39 is 23.1 Å². The minimum Gasteiger partial charge on any atom is -0.449 e. The molecule has 0 radical (unpaired) electrons. The molecule has 5 nitrogen and oxygen atoms in total. The van der Waals surface area contributed by atoms with E-state index in [1.165, 1.54) is 6.07 Å². The van der Waals surface area contributed by atoms with Gasteiger partial charge in [0.25, 0.3) is 0 Å². The van der Waals surface area contributed by atoms with E-state index in [0.29, 0.717) is 24.3 Å². The predicted octanol–water partition coefficient (Wildman–Crippen LogP) is 5.88. The van der Waals surface area contributed by atoms with Crippen molar-refractivity contribution in [3.63, 3.8) is 0 Å². The molecule has 9 heteroatoms. The molecule has 1 unspecified atom stereocenters. The van der Waals surface area contributed by atoms with Gasteiger partial charge in [0.15, 0.2) is 5.13 Å². The molecule has 1 amide bonds. The van der Waals surface area contributed by atoms with Crippen molar-refractivity contribution < 1.29 is 22.7 Å². The maximum absolute atomic E-state index is 15.7. The number of hydrogen-bond acceptors (Lipinski definition) is 5. The molecule has 1 atom stereocenters. The molecule has 0 aliphatic carbocycles. The van der Waals surface area contributed by atoms with Gasteiger partial charge in [0.2, 0.25) is 0 Å². The van der Waals surface area contributed by atoms with Gasteiger partial charge in [-0.2, -0.15) is 13.2 Å². The van der Waals surface area contributed by atoms with Gasteiger partial charge in [-0.25, -0.2) is 4.79 Å². The first kappa shape index (κ1) is 25.5. The molecule has 0 bridgehead atoms. The van der Waals surface area contributed by atoms with Crippen LogP contribution in [0.25, 0.3) is 0 Å². The molecule has 1 N–H and O–H groups in total. The Kier molecular flexibility index (Phi) is 7.73. The standard InChI is InChI=1S/C24H32F3N3O2S/c1-5-14-32-21(31)29-24(26,27)23(11-10-19-8-9-20(25)33-19)12-13-30(16-23)22(3,4)18-7-6-17(2)28-15-18/h6-9,15H,5,10-14,16H2,1-4H3,(H,29,31). The van der Waals surface area contributed by atoms with E-state index in [9.17, 15) is 9.18 Å². The Morgan fingerprint density at radius 1 is 1.30 bits per heavy atom. The first-order valence-corrected chi connectivity index (χ1v) is 12.1. The predicted molar refractivity (Wildman–Crippen MR) is 123 cm³/mol. The molecule has 1 aliphatic heterocycles. The Bertz CT molecular complexity index is 949. The number of alkyl halides is 2. The quantitative estimate of drug-likeness (QED) is 0.453. The largest absolute Gasteiger partial charge is 0.449 e. The van der Waals surface area contributed by atoms with Crippen LogP contribution in [0.5, 0.6) is 0 Å². The van der Waals surface area contributed by atoms with Crippen molar-refractivity contribution in [2.45, 2.75) is 65.0 Å². The van der Waals surface area contributed by atoms with E-state index in [2.05, 4.69) is 4.98 Å². The molecule has 1 fully saturated rings. The molecule has 0 aromatic carbocycles. The monoisotopic (exact) mass is 483 g/mol. The highest BCUT2D eigenvalue weighted by Gasteiger charge is 2.59. The number of likely N-dealkylation sites (tertiary alicyclic amines) is 1. The zero-order valence-corrected chi connectivity index (χ0v) is 20.4. The van der Waals surface area contributed by atoms with Crippen molar-refractivity contribution in [1.82, 2.24) is 15.2 Å². The Morgan fingerprint density at radius 2 is 2.06 bits per heavy atom. The van der Waals surface area contributed by atoms with E-state index >= 15 is 8.78 Å². The van der Waals surface area contributed by atoms with Crippen molar-refractivity contribution in [3.8, 4) is 0 Å². The average molecular weight is 484 g/mol. The molecular formula is C24H32F3N3O2S. The van der Waals surface area contributed by atoms with E-state index in [4.69, 9.17) is 4.74 Å². The van der Waals surface area contributed by atoms with Gasteiger partial charge in [-0.1, -0.05) is 13.0 Å². The van der Waals surface area contributed by atoms with Crippen LogP contribution >= 0.6 is 11.3 Å². The Hall–Kier alpha value is -2.13. The highest BCUT2D eigenvalue weighted by molar-refractivity contribution is 7.10. The number of hydrogen-bond donors (Lipinski definition) is 1. The molecule has 33 heavy (non-hydrogen) atoms. The van der Waals surface area contributed by atoms with Gasteiger partial charge < -0.3 is 4.74 Å². The van der Waals surface area contributed by atoms with Crippen LogP contribution in [0, 0.1) is 17.5 Å². The minimum atomic E-state index is -3.50. The summed E-state index contributed by atoms with van der Waals surface area (Å²) >= 11 is 0.965. The summed E-state index contributed by atoms with van der Waals surface area (Å²) in [7, 11) is 0. The number of carbonyl (C=O) groups is 1. The van der Waals surface area contributed by atoms with Crippen LogP contribution in [0.15, 0.2) is 30.5 Å². The van der Waals surface area contributed by atoms with Crippen LogP contribution in [0.4, 0.5) is 18.0 Å². The van der Waals surface area contributed by atoms with Crippen LogP contribution in [-0.4, -0.2) is 41.7 Å². The molecule has 2 aromatic rings. The third-order valence-corrected chi connectivity index (χ3v) is 7.54. The molecule has 3 heterocycles. The zero-order chi connectivity index (χ0) is 24.3. The first-order chi connectivity index (χ1) is 15.5. The zero-order valence-electron chi connectivity index (χ0n) is 19.6. The van der Waals surface area contributed by atoms with Gasteiger partial charge in [-0.15, -0.1) is 11.3 Å². The number of alkyl carbamates (subject to hydrolysis) is 1. The molecular weight excluding hydrogens is 451 g/mol. The number of halogens is 3. The number of rotatable bonds is 9. The summed E-state index contributed by atoms with van der Waals surface area (Å²) in [5.74, 6) is 0. The third-order valence-electron chi connectivity index (χ3n) is 6.60. The third kappa shape index (κ3) is 5.69. The van der Waals surface area contributed by atoms with Gasteiger partial charge in [0.1, 0.15) is 0 Å². The minimum absolute atomic E-state index is 0.0722. The normalized spacial score (nSPS) is 19.6. The van der Waals surface area contributed by atoms with Crippen molar-refractivity contribution in [3.05, 3.63) is 51.7 Å². The Labute approximate surface area is 197 Å².